The number of hydrogen-bond donors (Lipinski definition) is 0. The molecule has 2 aliphatic rings. The maximum absolute atomic E-state index is 12.4. The fraction of sp³-hybridized carbons (Fsp3) is 0.706. The highest BCUT2D eigenvalue weighted by atomic mass is 16.5. The number of amides is 1. The summed E-state index contributed by atoms with van der Waals surface area (Å²) in [6, 6.07) is 0. The predicted octanol–water partition coefficient (Wildman–Crippen LogP) is 2.10. The Morgan fingerprint density at radius 3 is 3.09 bits per heavy atom. The molecule has 3 rings (SSSR count). The highest BCUT2D eigenvalue weighted by molar-refractivity contribution is 5.97. The average Bonchev–Trinajstić information content (AvgIpc) is 2.87. The van der Waals surface area contributed by atoms with Gasteiger partial charge in [0.1, 0.15) is 0 Å². The maximum Gasteiger partial charge on any atom is 0.257 e. The van der Waals surface area contributed by atoms with Crippen LogP contribution in [-0.2, 0) is 11.3 Å². The molecule has 2 aliphatic heterocycles. The smallest absolute Gasteiger partial charge is 0.257 e. The normalized spacial score (nSPS) is 21.0. The molecule has 3 heterocycles. The van der Waals surface area contributed by atoms with E-state index in [1.807, 2.05) is 11.8 Å². The van der Waals surface area contributed by atoms with Gasteiger partial charge in [-0.25, -0.2) is 9.97 Å². The number of anilines is 1. The second-order valence-electron chi connectivity index (χ2n) is 6.50. The highest BCUT2D eigenvalue weighted by Crippen LogP contribution is 2.25. The molecular weight excluding hydrogens is 292 g/mol. The number of hydrogen-bond acceptors (Lipinski definition) is 5. The molecule has 0 N–H and O–H groups in total. The summed E-state index contributed by atoms with van der Waals surface area (Å²) in [7, 11) is 0. The topological polar surface area (TPSA) is 58.6 Å². The Hall–Kier alpha value is -1.69. The van der Waals surface area contributed by atoms with Crippen molar-refractivity contribution in [2.24, 2.45) is 5.92 Å². The fourth-order valence-electron chi connectivity index (χ4n) is 3.33. The van der Waals surface area contributed by atoms with Gasteiger partial charge < -0.3 is 14.5 Å². The fourth-order valence-corrected chi connectivity index (χ4v) is 3.33. The molecule has 0 radical (unpaired) electrons. The molecule has 0 aromatic carbocycles. The number of piperidine rings is 1. The lowest BCUT2D eigenvalue weighted by atomic mass is 10.0. The van der Waals surface area contributed by atoms with E-state index in [2.05, 4.69) is 21.8 Å². The van der Waals surface area contributed by atoms with Crippen molar-refractivity contribution in [3.8, 4) is 0 Å². The molecular formula is C17H26N4O2. The summed E-state index contributed by atoms with van der Waals surface area (Å²) < 4.78 is 5.34. The first-order valence-corrected chi connectivity index (χ1v) is 8.67. The Kier molecular flexibility index (Phi) is 5.10. The third kappa shape index (κ3) is 3.63. The second kappa shape index (κ2) is 7.25. The van der Waals surface area contributed by atoms with Gasteiger partial charge in [0.05, 0.1) is 17.8 Å². The standard InChI is InChI=1S/C17H26N4O2/c1-3-23-9-5-8-20-12-15-14(16(20)22)10-18-17(19-15)21-7-4-6-13(2)11-21/h10,13H,3-9,11-12H2,1-2H3. The van der Waals surface area contributed by atoms with E-state index in [4.69, 9.17) is 4.74 Å². The summed E-state index contributed by atoms with van der Waals surface area (Å²) in [4.78, 5) is 25.6. The van der Waals surface area contributed by atoms with E-state index in [1.54, 1.807) is 6.20 Å². The van der Waals surface area contributed by atoms with Crippen molar-refractivity contribution < 1.29 is 9.53 Å². The zero-order valence-electron chi connectivity index (χ0n) is 14.1. The van der Waals surface area contributed by atoms with Gasteiger partial charge in [-0.1, -0.05) is 6.92 Å². The molecule has 0 aliphatic carbocycles. The van der Waals surface area contributed by atoms with Crippen LogP contribution >= 0.6 is 0 Å². The highest BCUT2D eigenvalue weighted by Gasteiger charge is 2.30. The number of carbonyl (C=O) groups is 1. The van der Waals surface area contributed by atoms with Crippen LogP contribution in [0.2, 0.25) is 0 Å². The van der Waals surface area contributed by atoms with Crippen LogP contribution in [0.15, 0.2) is 6.20 Å². The van der Waals surface area contributed by atoms with Crippen molar-refractivity contribution in [1.29, 1.82) is 0 Å². The van der Waals surface area contributed by atoms with Gasteiger partial charge in [-0.05, 0) is 32.1 Å². The largest absolute Gasteiger partial charge is 0.382 e. The van der Waals surface area contributed by atoms with Gasteiger partial charge in [-0.15, -0.1) is 0 Å². The molecule has 23 heavy (non-hydrogen) atoms. The Bertz CT molecular complexity index is 564. The molecule has 0 spiro atoms. The molecule has 6 nitrogen and oxygen atoms in total. The van der Waals surface area contributed by atoms with E-state index in [0.717, 1.165) is 37.8 Å². The summed E-state index contributed by atoms with van der Waals surface area (Å²) in [5.74, 6) is 1.51. The summed E-state index contributed by atoms with van der Waals surface area (Å²) in [5.41, 5.74) is 1.53. The first kappa shape index (κ1) is 16.2. The Morgan fingerprint density at radius 1 is 1.43 bits per heavy atom. The van der Waals surface area contributed by atoms with Crippen LogP contribution < -0.4 is 4.90 Å². The molecule has 1 amide bonds. The minimum atomic E-state index is 0.0510. The zero-order valence-corrected chi connectivity index (χ0v) is 14.1. The van der Waals surface area contributed by atoms with Crippen molar-refractivity contribution in [3.63, 3.8) is 0 Å². The number of aromatic nitrogens is 2. The quantitative estimate of drug-likeness (QED) is 0.752. The molecule has 0 bridgehead atoms. The van der Waals surface area contributed by atoms with E-state index < -0.39 is 0 Å². The van der Waals surface area contributed by atoms with Crippen LogP contribution in [0.3, 0.4) is 0 Å². The molecule has 0 saturated carbocycles. The van der Waals surface area contributed by atoms with Gasteiger partial charge in [0.15, 0.2) is 0 Å². The minimum Gasteiger partial charge on any atom is -0.382 e. The SMILES string of the molecule is CCOCCCN1Cc2nc(N3CCCC(C)C3)ncc2C1=O. The summed E-state index contributed by atoms with van der Waals surface area (Å²) in [6.45, 7) is 8.99. The molecule has 6 heteroatoms. The molecule has 1 unspecified atom stereocenters. The Morgan fingerprint density at radius 2 is 2.30 bits per heavy atom. The number of fused-ring (bicyclic) bond motifs is 1. The third-order valence-corrected chi connectivity index (χ3v) is 4.57. The van der Waals surface area contributed by atoms with Gasteiger partial charge in [0, 0.05) is 39.0 Å². The van der Waals surface area contributed by atoms with Gasteiger partial charge in [-0.3, -0.25) is 4.79 Å². The lowest BCUT2D eigenvalue weighted by Gasteiger charge is -2.30. The van der Waals surface area contributed by atoms with E-state index in [0.29, 0.717) is 31.2 Å². The molecule has 1 fully saturated rings. The van der Waals surface area contributed by atoms with Crippen LogP contribution in [0.4, 0.5) is 5.95 Å². The van der Waals surface area contributed by atoms with Crippen LogP contribution in [0.5, 0.6) is 0 Å². The van der Waals surface area contributed by atoms with E-state index in [1.165, 1.54) is 12.8 Å². The van der Waals surface area contributed by atoms with E-state index in [9.17, 15) is 4.79 Å². The number of ether oxygens (including phenoxy) is 1. The van der Waals surface area contributed by atoms with Gasteiger partial charge in [0.25, 0.3) is 5.91 Å². The van der Waals surface area contributed by atoms with Crippen molar-refractivity contribution in [1.82, 2.24) is 14.9 Å². The lowest BCUT2D eigenvalue weighted by molar-refractivity contribution is 0.0748. The van der Waals surface area contributed by atoms with Crippen molar-refractivity contribution in [2.75, 3.05) is 37.7 Å². The van der Waals surface area contributed by atoms with Gasteiger partial charge in [-0.2, -0.15) is 0 Å². The Balaban J connectivity index is 1.65. The lowest BCUT2D eigenvalue weighted by Crippen LogP contribution is -2.35. The number of rotatable bonds is 6. The summed E-state index contributed by atoms with van der Waals surface area (Å²) in [5, 5.41) is 0. The second-order valence-corrected chi connectivity index (χ2v) is 6.50. The molecule has 1 aromatic rings. The zero-order chi connectivity index (χ0) is 16.2. The van der Waals surface area contributed by atoms with Crippen LogP contribution in [0.25, 0.3) is 0 Å². The molecule has 1 aromatic heterocycles. The summed E-state index contributed by atoms with van der Waals surface area (Å²) in [6.07, 6.45) is 5.02. The van der Waals surface area contributed by atoms with Gasteiger partial charge >= 0.3 is 0 Å². The van der Waals surface area contributed by atoms with Gasteiger partial charge in [0.2, 0.25) is 5.95 Å². The molecule has 126 valence electrons. The van der Waals surface area contributed by atoms with Crippen molar-refractivity contribution >= 4 is 11.9 Å². The molecule has 1 saturated heterocycles. The predicted molar refractivity (Wildman–Crippen MR) is 88.5 cm³/mol. The van der Waals surface area contributed by atoms with Crippen molar-refractivity contribution in [3.05, 3.63) is 17.5 Å². The summed E-state index contributed by atoms with van der Waals surface area (Å²) >= 11 is 0. The number of carbonyl (C=O) groups excluding carboxylic acids is 1. The van der Waals surface area contributed by atoms with Crippen LogP contribution in [0, 0.1) is 5.92 Å². The maximum atomic E-state index is 12.4. The third-order valence-electron chi connectivity index (χ3n) is 4.57. The van der Waals surface area contributed by atoms with E-state index in [-0.39, 0.29) is 5.91 Å². The van der Waals surface area contributed by atoms with Crippen molar-refractivity contribution in [2.45, 2.75) is 39.7 Å². The number of nitrogens with zero attached hydrogens (tertiary/aromatic N) is 4. The monoisotopic (exact) mass is 318 g/mol. The first-order chi connectivity index (χ1) is 11.2. The van der Waals surface area contributed by atoms with Crippen LogP contribution in [-0.4, -0.2) is 53.6 Å². The first-order valence-electron chi connectivity index (χ1n) is 8.67. The average molecular weight is 318 g/mol. The minimum absolute atomic E-state index is 0.0510. The van der Waals surface area contributed by atoms with E-state index >= 15 is 0 Å². The van der Waals surface area contributed by atoms with Crippen LogP contribution in [0.1, 0.15) is 49.2 Å². The molecule has 1 atom stereocenters. The Labute approximate surface area is 137 Å².